The molecule has 1 aromatic rings. The Morgan fingerprint density at radius 1 is 1.30 bits per heavy atom. The number of sulfone groups is 1. The molecular weight excluding hydrogens is 314 g/mol. The van der Waals surface area contributed by atoms with E-state index in [0.717, 1.165) is 5.56 Å². The number of hydrogen-bond acceptors (Lipinski definition) is 4. The maximum Gasteiger partial charge on any atom is 0.191 e. The Hall–Kier alpha value is -1.60. The predicted molar refractivity (Wildman–Crippen MR) is 94.4 cm³/mol. The first kappa shape index (κ1) is 19.4. The second-order valence-electron chi connectivity index (χ2n) is 5.43. The Morgan fingerprint density at radius 2 is 2.00 bits per heavy atom. The van der Waals surface area contributed by atoms with Gasteiger partial charge in [0, 0.05) is 26.7 Å². The number of benzene rings is 1. The second-order valence-corrected chi connectivity index (χ2v) is 7.61. The molecule has 0 bridgehead atoms. The minimum Gasteiger partial charge on any atom is -0.383 e. The zero-order valence-corrected chi connectivity index (χ0v) is 14.9. The van der Waals surface area contributed by atoms with Gasteiger partial charge >= 0.3 is 0 Å². The summed E-state index contributed by atoms with van der Waals surface area (Å²) in [5, 5.41) is 6.28. The molecule has 23 heavy (non-hydrogen) atoms. The smallest absolute Gasteiger partial charge is 0.191 e. The Balaban J connectivity index is 2.32. The van der Waals surface area contributed by atoms with Gasteiger partial charge in [0.25, 0.3) is 0 Å². The minimum absolute atomic E-state index is 0.0890. The van der Waals surface area contributed by atoms with E-state index in [1.54, 1.807) is 14.2 Å². The van der Waals surface area contributed by atoms with E-state index >= 15 is 0 Å². The summed E-state index contributed by atoms with van der Waals surface area (Å²) in [6.07, 6.45) is 0.536. The summed E-state index contributed by atoms with van der Waals surface area (Å²) < 4.78 is 29.2. The monoisotopic (exact) mass is 341 g/mol. The topological polar surface area (TPSA) is 79.8 Å². The highest BCUT2D eigenvalue weighted by atomic mass is 32.2. The van der Waals surface area contributed by atoms with E-state index in [1.165, 1.54) is 0 Å². The van der Waals surface area contributed by atoms with Crippen molar-refractivity contribution in [1.82, 2.24) is 10.6 Å². The third kappa shape index (κ3) is 8.56. The summed E-state index contributed by atoms with van der Waals surface area (Å²) >= 11 is 0. The number of nitrogens with zero attached hydrogens (tertiary/aromatic N) is 1. The third-order valence-corrected chi connectivity index (χ3v) is 4.86. The summed E-state index contributed by atoms with van der Waals surface area (Å²) in [5.74, 6) is 0.889. The molecule has 0 amide bonds. The Morgan fingerprint density at radius 3 is 2.61 bits per heavy atom. The number of hydrogen-bond donors (Lipinski definition) is 2. The first-order valence-corrected chi connectivity index (χ1v) is 9.49. The molecule has 1 rings (SSSR count). The van der Waals surface area contributed by atoms with Gasteiger partial charge in [0.1, 0.15) is 0 Å². The highest BCUT2D eigenvalue weighted by Gasteiger charge is 2.12. The number of nitrogens with one attached hydrogen (secondary N) is 2. The van der Waals surface area contributed by atoms with Gasteiger partial charge in [-0.15, -0.1) is 0 Å². The fourth-order valence-electron chi connectivity index (χ4n) is 2.12. The summed E-state index contributed by atoms with van der Waals surface area (Å²) in [6, 6.07) is 9.38. The van der Waals surface area contributed by atoms with Crippen LogP contribution >= 0.6 is 0 Å². The SMILES string of the molecule is CN=C(NCCCS(=O)(=O)Cc1ccccc1)NC(C)COC. The van der Waals surface area contributed by atoms with Gasteiger partial charge in [-0.3, -0.25) is 4.99 Å². The molecule has 6 nitrogen and oxygen atoms in total. The number of guanidine groups is 1. The van der Waals surface area contributed by atoms with Crippen LogP contribution in [0.3, 0.4) is 0 Å². The van der Waals surface area contributed by atoms with E-state index in [0.29, 0.717) is 25.5 Å². The van der Waals surface area contributed by atoms with Gasteiger partial charge in [-0.25, -0.2) is 8.42 Å². The average Bonchev–Trinajstić information content (AvgIpc) is 2.51. The van der Waals surface area contributed by atoms with Gasteiger partial charge in [-0.05, 0) is 18.9 Å². The molecule has 0 spiro atoms. The van der Waals surface area contributed by atoms with E-state index < -0.39 is 9.84 Å². The van der Waals surface area contributed by atoms with Crippen LogP contribution in [-0.2, 0) is 20.3 Å². The fraction of sp³-hybridized carbons (Fsp3) is 0.562. The van der Waals surface area contributed by atoms with Crippen molar-refractivity contribution in [3.8, 4) is 0 Å². The van der Waals surface area contributed by atoms with Crippen molar-refractivity contribution in [3.63, 3.8) is 0 Å². The molecule has 0 saturated carbocycles. The van der Waals surface area contributed by atoms with Crippen LogP contribution in [0.25, 0.3) is 0 Å². The van der Waals surface area contributed by atoms with Crippen LogP contribution in [0.5, 0.6) is 0 Å². The Bertz CT molecular complexity index is 573. The number of ether oxygens (including phenoxy) is 1. The van der Waals surface area contributed by atoms with Crippen molar-refractivity contribution in [2.24, 2.45) is 4.99 Å². The maximum atomic E-state index is 12.1. The molecule has 1 atom stereocenters. The molecule has 0 radical (unpaired) electrons. The van der Waals surface area contributed by atoms with E-state index in [4.69, 9.17) is 4.74 Å². The molecule has 130 valence electrons. The second kappa shape index (κ2) is 10.2. The zero-order valence-electron chi connectivity index (χ0n) is 14.1. The van der Waals surface area contributed by atoms with Gasteiger partial charge in [0.2, 0.25) is 0 Å². The number of methoxy groups -OCH3 is 1. The lowest BCUT2D eigenvalue weighted by Crippen LogP contribution is -2.44. The van der Waals surface area contributed by atoms with Crippen LogP contribution in [0.2, 0.25) is 0 Å². The van der Waals surface area contributed by atoms with Crippen molar-refractivity contribution in [2.45, 2.75) is 25.1 Å². The summed E-state index contributed by atoms with van der Waals surface area (Å²) in [5.41, 5.74) is 0.825. The quantitative estimate of drug-likeness (QED) is 0.401. The molecule has 7 heteroatoms. The molecule has 0 fully saturated rings. The lowest BCUT2D eigenvalue weighted by molar-refractivity contribution is 0.179. The van der Waals surface area contributed by atoms with Gasteiger partial charge in [0.05, 0.1) is 18.1 Å². The number of rotatable bonds is 9. The summed E-state index contributed by atoms with van der Waals surface area (Å²) in [6.45, 7) is 3.11. The van der Waals surface area contributed by atoms with Gasteiger partial charge in [0.15, 0.2) is 15.8 Å². The molecular formula is C16H27N3O3S. The molecule has 1 aromatic carbocycles. The Labute approximate surface area is 139 Å². The average molecular weight is 341 g/mol. The highest BCUT2D eigenvalue weighted by Crippen LogP contribution is 2.06. The molecule has 0 aliphatic rings. The van der Waals surface area contributed by atoms with Crippen LogP contribution in [0.1, 0.15) is 18.9 Å². The Kier molecular flexibility index (Phi) is 8.65. The van der Waals surface area contributed by atoms with E-state index in [2.05, 4.69) is 15.6 Å². The van der Waals surface area contributed by atoms with Crippen molar-refractivity contribution in [2.75, 3.05) is 33.1 Å². The van der Waals surface area contributed by atoms with Crippen LogP contribution < -0.4 is 10.6 Å². The minimum atomic E-state index is -3.09. The first-order chi connectivity index (χ1) is 11.0. The molecule has 0 aromatic heterocycles. The van der Waals surface area contributed by atoms with Crippen LogP contribution in [0, 0.1) is 0 Å². The first-order valence-electron chi connectivity index (χ1n) is 7.67. The zero-order chi connectivity index (χ0) is 17.1. The molecule has 0 aliphatic heterocycles. The van der Waals surface area contributed by atoms with Crippen LogP contribution in [0.15, 0.2) is 35.3 Å². The maximum absolute atomic E-state index is 12.1. The van der Waals surface area contributed by atoms with E-state index in [1.807, 2.05) is 37.3 Å². The third-order valence-electron chi connectivity index (χ3n) is 3.18. The molecule has 0 saturated heterocycles. The van der Waals surface area contributed by atoms with Gasteiger partial charge < -0.3 is 15.4 Å². The summed E-state index contributed by atoms with van der Waals surface area (Å²) in [7, 11) is 0.235. The molecule has 0 aliphatic carbocycles. The highest BCUT2D eigenvalue weighted by molar-refractivity contribution is 7.90. The van der Waals surface area contributed by atoms with Gasteiger partial charge in [-0.1, -0.05) is 30.3 Å². The largest absolute Gasteiger partial charge is 0.383 e. The number of aliphatic imine (C=N–C) groups is 1. The van der Waals surface area contributed by atoms with Crippen molar-refractivity contribution in [3.05, 3.63) is 35.9 Å². The standard InChI is InChI=1S/C16H27N3O3S/c1-14(12-22-3)19-16(17-2)18-10-7-11-23(20,21)13-15-8-5-4-6-9-15/h4-6,8-9,14H,7,10-13H2,1-3H3,(H2,17,18,19). The molecule has 0 heterocycles. The van der Waals surface area contributed by atoms with Crippen molar-refractivity contribution < 1.29 is 13.2 Å². The summed E-state index contributed by atoms with van der Waals surface area (Å²) in [4.78, 5) is 4.10. The van der Waals surface area contributed by atoms with Crippen molar-refractivity contribution in [1.29, 1.82) is 0 Å². The normalized spacial score (nSPS) is 13.6. The molecule has 1 unspecified atom stereocenters. The lowest BCUT2D eigenvalue weighted by atomic mass is 10.2. The lowest BCUT2D eigenvalue weighted by Gasteiger charge is -2.17. The van der Waals surface area contributed by atoms with E-state index in [-0.39, 0.29) is 17.5 Å². The fourth-order valence-corrected chi connectivity index (χ4v) is 3.55. The van der Waals surface area contributed by atoms with Crippen molar-refractivity contribution >= 4 is 15.8 Å². The molecule has 2 N–H and O–H groups in total. The van der Waals surface area contributed by atoms with Crippen LogP contribution in [-0.4, -0.2) is 53.5 Å². The van der Waals surface area contributed by atoms with E-state index in [9.17, 15) is 8.42 Å². The predicted octanol–water partition coefficient (Wildman–Crippen LogP) is 1.19. The van der Waals surface area contributed by atoms with Gasteiger partial charge in [-0.2, -0.15) is 0 Å². The van der Waals surface area contributed by atoms with Crippen LogP contribution in [0.4, 0.5) is 0 Å².